The number of rotatable bonds is 11. The van der Waals surface area contributed by atoms with Gasteiger partial charge in [-0.05, 0) is 35.7 Å². The molecule has 0 bridgehead atoms. The zero-order valence-electron chi connectivity index (χ0n) is 16.4. The highest BCUT2D eigenvalue weighted by molar-refractivity contribution is 5.83. The summed E-state index contributed by atoms with van der Waals surface area (Å²) in [6.45, 7) is 6.34. The highest BCUT2D eigenvalue weighted by Crippen LogP contribution is 2.20. The predicted molar refractivity (Wildman–Crippen MR) is 106 cm³/mol. The molecule has 0 saturated carbocycles. The van der Waals surface area contributed by atoms with Crippen LogP contribution in [-0.2, 0) is 14.3 Å². The van der Waals surface area contributed by atoms with E-state index >= 15 is 0 Å². The number of hydrogen-bond donors (Lipinski definition) is 1. The van der Waals surface area contributed by atoms with Gasteiger partial charge in [0.05, 0.1) is 19.1 Å². The minimum atomic E-state index is -1.17. The van der Waals surface area contributed by atoms with Gasteiger partial charge in [0.15, 0.2) is 0 Å². The van der Waals surface area contributed by atoms with Gasteiger partial charge >= 0.3 is 5.97 Å². The number of benzene rings is 2. The Bertz CT molecular complexity index is 729. The molecule has 2 atom stereocenters. The van der Waals surface area contributed by atoms with Crippen LogP contribution in [0.25, 0.3) is 10.8 Å². The number of aliphatic hydroxyl groups is 1. The van der Waals surface area contributed by atoms with Crippen molar-refractivity contribution in [3.8, 4) is 5.75 Å². The summed E-state index contributed by atoms with van der Waals surface area (Å²) in [6, 6.07) is 14.0. The summed E-state index contributed by atoms with van der Waals surface area (Å²) < 4.78 is 16.5. The van der Waals surface area contributed by atoms with E-state index in [-0.39, 0.29) is 25.1 Å². The second-order valence-corrected chi connectivity index (χ2v) is 6.90. The molecule has 0 heterocycles. The molecule has 0 radical (unpaired) electrons. The van der Waals surface area contributed by atoms with Crippen LogP contribution in [0.5, 0.6) is 5.75 Å². The summed E-state index contributed by atoms with van der Waals surface area (Å²) in [5, 5.41) is 12.8. The Balaban J connectivity index is 1.72. The number of carbonyl (C=O) groups is 1. The lowest BCUT2D eigenvalue weighted by Crippen LogP contribution is -2.40. The van der Waals surface area contributed by atoms with Gasteiger partial charge in [0.2, 0.25) is 0 Å². The molecule has 0 amide bonds. The van der Waals surface area contributed by atoms with E-state index in [1.54, 1.807) is 0 Å². The molecule has 0 saturated heterocycles. The van der Waals surface area contributed by atoms with E-state index in [1.807, 2.05) is 57.2 Å². The van der Waals surface area contributed by atoms with Crippen molar-refractivity contribution in [2.24, 2.45) is 5.92 Å². The maximum Gasteiger partial charge on any atom is 0.308 e. The third-order valence-corrected chi connectivity index (χ3v) is 4.74. The molecule has 2 rings (SSSR count). The molecule has 0 fully saturated rings. The van der Waals surface area contributed by atoms with Gasteiger partial charge in [0, 0.05) is 0 Å². The number of hydrogen-bond acceptors (Lipinski definition) is 5. The lowest BCUT2D eigenvalue weighted by molar-refractivity contribution is -0.160. The molecular formula is C22H30O5. The van der Waals surface area contributed by atoms with E-state index in [9.17, 15) is 9.90 Å². The van der Waals surface area contributed by atoms with Crippen molar-refractivity contribution in [1.29, 1.82) is 0 Å². The molecule has 0 spiro atoms. The average molecular weight is 374 g/mol. The topological polar surface area (TPSA) is 65.0 Å². The van der Waals surface area contributed by atoms with E-state index in [1.165, 1.54) is 5.39 Å². The van der Waals surface area contributed by atoms with E-state index < -0.39 is 5.60 Å². The largest absolute Gasteiger partial charge is 0.491 e. The predicted octanol–water partition coefficient (Wildman–Crippen LogP) is 3.97. The summed E-state index contributed by atoms with van der Waals surface area (Å²) in [7, 11) is 0. The minimum Gasteiger partial charge on any atom is -0.491 e. The van der Waals surface area contributed by atoms with Crippen LogP contribution in [0.4, 0.5) is 0 Å². The van der Waals surface area contributed by atoms with E-state index in [0.717, 1.165) is 11.1 Å². The monoisotopic (exact) mass is 374 g/mol. The van der Waals surface area contributed by atoms with Gasteiger partial charge in [0.1, 0.15) is 24.6 Å². The molecule has 0 aromatic heterocycles. The number of fused-ring (bicyclic) bond motifs is 1. The van der Waals surface area contributed by atoms with Gasteiger partial charge < -0.3 is 19.3 Å². The normalized spacial score (nSPS) is 14.5. The number of ether oxygens (including phenoxy) is 3. The maximum atomic E-state index is 11.8. The Kier molecular flexibility index (Phi) is 8.07. The number of carbonyl (C=O) groups excluding carboxylic acids is 1. The van der Waals surface area contributed by atoms with Crippen molar-refractivity contribution < 1.29 is 24.1 Å². The average Bonchev–Trinajstić information content (AvgIpc) is 2.71. The summed E-state index contributed by atoms with van der Waals surface area (Å²) in [6.07, 6.45) is 1.15. The molecule has 0 aliphatic rings. The van der Waals surface area contributed by atoms with Gasteiger partial charge in [-0.2, -0.15) is 0 Å². The Labute approximate surface area is 161 Å². The first kappa shape index (κ1) is 21.2. The van der Waals surface area contributed by atoms with Crippen LogP contribution in [0.2, 0.25) is 0 Å². The first-order valence-corrected chi connectivity index (χ1v) is 9.56. The van der Waals surface area contributed by atoms with Crippen molar-refractivity contribution in [2.45, 2.75) is 39.2 Å². The molecular weight excluding hydrogens is 344 g/mol. The zero-order chi connectivity index (χ0) is 19.7. The first-order valence-electron chi connectivity index (χ1n) is 9.56. The summed E-state index contributed by atoms with van der Waals surface area (Å²) >= 11 is 0. The van der Waals surface area contributed by atoms with Crippen molar-refractivity contribution >= 4 is 16.7 Å². The molecule has 2 aromatic carbocycles. The molecule has 2 aromatic rings. The maximum absolute atomic E-state index is 11.8. The van der Waals surface area contributed by atoms with Crippen molar-refractivity contribution in [3.05, 3.63) is 42.5 Å². The highest BCUT2D eigenvalue weighted by atomic mass is 16.6. The van der Waals surface area contributed by atoms with Crippen LogP contribution in [0, 0.1) is 5.92 Å². The fraction of sp³-hybridized carbons (Fsp3) is 0.500. The second-order valence-electron chi connectivity index (χ2n) is 6.90. The second kappa shape index (κ2) is 10.3. The van der Waals surface area contributed by atoms with Crippen LogP contribution >= 0.6 is 0 Å². The van der Waals surface area contributed by atoms with Gasteiger partial charge in [-0.15, -0.1) is 0 Å². The van der Waals surface area contributed by atoms with Crippen LogP contribution < -0.4 is 4.74 Å². The summed E-state index contributed by atoms with van der Waals surface area (Å²) in [4.78, 5) is 11.8. The third-order valence-electron chi connectivity index (χ3n) is 4.74. The van der Waals surface area contributed by atoms with Crippen molar-refractivity contribution in [2.75, 3.05) is 26.4 Å². The Morgan fingerprint density at radius 1 is 1.07 bits per heavy atom. The summed E-state index contributed by atoms with van der Waals surface area (Å²) in [5.41, 5.74) is -1.17. The molecule has 148 valence electrons. The van der Waals surface area contributed by atoms with Gasteiger partial charge in [-0.3, -0.25) is 4.79 Å². The van der Waals surface area contributed by atoms with E-state index in [4.69, 9.17) is 14.2 Å². The van der Waals surface area contributed by atoms with E-state index in [2.05, 4.69) is 6.07 Å². The molecule has 1 N–H and O–H groups in total. The molecule has 2 unspecified atom stereocenters. The first-order chi connectivity index (χ1) is 13.0. The fourth-order valence-electron chi connectivity index (χ4n) is 2.50. The van der Waals surface area contributed by atoms with Crippen LogP contribution in [0.3, 0.4) is 0 Å². The molecule has 0 aliphatic carbocycles. The van der Waals surface area contributed by atoms with Crippen LogP contribution in [0.15, 0.2) is 42.5 Å². The zero-order valence-corrected chi connectivity index (χ0v) is 16.4. The fourth-order valence-corrected chi connectivity index (χ4v) is 2.50. The smallest absolute Gasteiger partial charge is 0.308 e. The van der Waals surface area contributed by atoms with Crippen molar-refractivity contribution in [1.82, 2.24) is 0 Å². The summed E-state index contributed by atoms with van der Waals surface area (Å²) in [5.74, 6) is 0.330. The van der Waals surface area contributed by atoms with Gasteiger partial charge in [-0.25, -0.2) is 0 Å². The lowest BCUT2D eigenvalue weighted by atomic mass is 10.0. The molecule has 5 heteroatoms. The van der Waals surface area contributed by atoms with Crippen LogP contribution in [0.1, 0.15) is 33.6 Å². The van der Waals surface area contributed by atoms with Gasteiger partial charge in [-0.1, -0.05) is 51.1 Å². The van der Waals surface area contributed by atoms with Gasteiger partial charge in [0.25, 0.3) is 0 Å². The SMILES string of the molecule is CCC(C)C(=O)OCC(O)(CC)COCCOc1ccc2ccccc2c1. The Morgan fingerprint density at radius 3 is 2.52 bits per heavy atom. The Hall–Kier alpha value is -2.11. The van der Waals surface area contributed by atoms with Crippen molar-refractivity contribution in [3.63, 3.8) is 0 Å². The van der Waals surface area contributed by atoms with Crippen LogP contribution in [-0.4, -0.2) is 43.1 Å². The van der Waals surface area contributed by atoms with E-state index in [0.29, 0.717) is 26.1 Å². The number of esters is 1. The lowest BCUT2D eigenvalue weighted by Gasteiger charge is -2.26. The molecule has 27 heavy (non-hydrogen) atoms. The molecule has 0 aliphatic heterocycles. The minimum absolute atomic E-state index is 0.0573. The quantitative estimate of drug-likeness (QED) is 0.476. The molecule has 5 nitrogen and oxygen atoms in total. The highest BCUT2D eigenvalue weighted by Gasteiger charge is 2.28. The Morgan fingerprint density at radius 2 is 1.81 bits per heavy atom. The third kappa shape index (κ3) is 6.52. The standard InChI is InChI=1S/C22H30O5/c1-4-17(3)21(23)27-16-22(24,5-2)15-25-12-13-26-20-11-10-18-8-6-7-9-19(18)14-20/h6-11,14,17,24H,4-5,12-13,15-16H2,1-3H3.